The fourth-order valence-corrected chi connectivity index (χ4v) is 0.144. The van der Waals surface area contributed by atoms with E-state index in [2.05, 4.69) is 4.74 Å². The molecule has 0 saturated heterocycles. The van der Waals surface area contributed by atoms with E-state index in [9.17, 15) is 9.59 Å². The van der Waals surface area contributed by atoms with Crippen LogP contribution in [-0.2, 0) is 14.3 Å². The number of esters is 1. The Labute approximate surface area is 48.9 Å². The number of methoxy groups -OCH3 is 1. The van der Waals surface area contributed by atoms with Gasteiger partial charge in [0.1, 0.15) is 0 Å². The monoisotopic (exact) mass is 120 g/mol. The van der Waals surface area contributed by atoms with E-state index in [0.29, 0.717) is 0 Å². The fraction of sp³-hybridized carbons (Fsp3) is 0.500. The van der Waals surface area contributed by atoms with Gasteiger partial charge in [0.25, 0.3) is 0 Å². The molecule has 0 spiro atoms. The molecule has 0 unspecified atom stereocenters. The van der Waals surface area contributed by atoms with Crippen LogP contribution in [0.4, 0.5) is 0 Å². The molecule has 0 aromatic carbocycles. The van der Waals surface area contributed by atoms with Gasteiger partial charge in [-0.3, -0.25) is 4.79 Å². The van der Waals surface area contributed by atoms with Gasteiger partial charge in [-0.2, -0.15) is 0 Å². The lowest BCUT2D eigenvalue weighted by Gasteiger charge is -1.86. The smallest absolute Gasteiger partial charge is 0.463 e. The quantitative estimate of drug-likeness (QED) is 0.391. The highest BCUT2D eigenvalue weighted by Crippen LogP contribution is 1.71. The van der Waals surface area contributed by atoms with Crippen molar-refractivity contribution in [2.45, 2.75) is 6.92 Å². The molecule has 0 radical (unpaired) electrons. The van der Waals surface area contributed by atoms with Gasteiger partial charge in [0.2, 0.25) is 5.78 Å². The van der Waals surface area contributed by atoms with Gasteiger partial charge in [-0.1, -0.05) is 0 Å². The molecule has 8 heavy (non-hydrogen) atoms. The van der Waals surface area contributed by atoms with Crippen LogP contribution in [0.3, 0.4) is 0 Å². The maximum Gasteiger partial charge on any atom is 1.00 e. The number of hydrogen-bond donors (Lipinski definition) is 1. The van der Waals surface area contributed by atoms with Gasteiger partial charge in [-0.25, -0.2) is 4.79 Å². The first-order chi connectivity index (χ1) is 3.18. The number of ether oxygens (including phenoxy) is 1. The van der Waals surface area contributed by atoms with Crippen molar-refractivity contribution >= 4 is 11.8 Å². The van der Waals surface area contributed by atoms with Crippen LogP contribution in [0.2, 0.25) is 0 Å². The molecule has 0 aliphatic rings. The lowest BCUT2D eigenvalue weighted by Crippen LogP contribution is -2.10. The van der Waals surface area contributed by atoms with Gasteiger partial charge in [0.05, 0.1) is 7.11 Å². The third kappa shape index (κ3) is 3.30. The molecule has 0 saturated carbocycles. The van der Waals surface area contributed by atoms with E-state index >= 15 is 0 Å². The standard InChI is InChI=1S/C4H6O3.H3N/c1-3(5)4(6)7-2;/h1-2H3;1H3/p+1. The minimum Gasteiger partial charge on any atom is -0.463 e. The summed E-state index contributed by atoms with van der Waals surface area (Å²) in [4.78, 5) is 19.8. The Morgan fingerprint density at radius 2 is 1.88 bits per heavy atom. The number of hydrogen-bond acceptors (Lipinski definition) is 4. The predicted octanol–water partition coefficient (Wildman–Crippen LogP) is 0.0229. The number of ketones is 1. The van der Waals surface area contributed by atoms with E-state index in [1.165, 1.54) is 7.11 Å². The lowest BCUT2D eigenvalue weighted by atomic mass is 10.5. The Bertz CT molecular complexity index is 104. The van der Waals surface area contributed by atoms with Gasteiger partial charge >= 0.3 is 7.40 Å². The van der Waals surface area contributed by atoms with E-state index in [1.807, 2.05) is 0 Å². The van der Waals surface area contributed by atoms with Gasteiger partial charge < -0.3 is 10.9 Å². The summed E-state index contributed by atoms with van der Waals surface area (Å²) >= 11 is 0. The molecule has 0 aromatic rings. The molecular formula is C4H10NO3+. The third-order valence-electron chi connectivity index (χ3n) is 0.473. The van der Waals surface area contributed by atoms with Crippen molar-refractivity contribution in [1.82, 2.24) is 6.15 Å². The van der Waals surface area contributed by atoms with Crippen molar-refractivity contribution in [3.8, 4) is 0 Å². The van der Waals surface area contributed by atoms with Gasteiger partial charge in [-0.05, 0) is 0 Å². The second kappa shape index (κ2) is 4.26. The average molecular weight is 120 g/mol. The zero-order valence-corrected chi connectivity index (χ0v) is 4.93. The number of Topliss-reactive ketones (excluding diaryl/α,β-unsaturated/α-hetero) is 1. The van der Waals surface area contributed by atoms with E-state index in [4.69, 9.17) is 0 Å². The van der Waals surface area contributed by atoms with Crippen LogP contribution >= 0.6 is 0 Å². The summed E-state index contributed by atoms with van der Waals surface area (Å²) in [5.74, 6) is -1.36. The Morgan fingerprint density at radius 3 is 1.88 bits per heavy atom. The van der Waals surface area contributed by atoms with Crippen molar-refractivity contribution in [3.63, 3.8) is 0 Å². The molecule has 0 aromatic heterocycles. The highest BCUT2D eigenvalue weighted by Gasteiger charge is 2.03. The fourth-order valence-electron chi connectivity index (χ4n) is 0.144. The van der Waals surface area contributed by atoms with Crippen molar-refractivity contribution in [1.29, 1.82) is 0 Å². The molecule has 0 amide bonds. The van der Waals surface area contributed by atoms with Gasteiger partial charge in [-0.15, -0.1) is 0 Å². The zero-order chi connectivity index (χ0) is 5.86. The van der Waals surface area contributed by atoms with Crippen molar-refractivity contribution in [3.05, 3.63) is 0 Å². The van der Waals surface area contributed by atoms with Crippen LogP contribution in [0.5, 0.6) is 0 Å². The molecule has 0 fully saturated rings. The van der Waals surface area contributed by atoms with Crippen LogP contribution in [0.15, 0.2) is 0 Å². The molecule has 0 aliphatic heterocycles. The summed E-state index contributed by atoms with van der Waals surface area (Å²) in [6.45, 7) is 1.16. The molecule has 0 heterocycles. The largest absolute Gasteiger partial charge is 1.00 e. The molecule has 4 nitrogen and oxygen atoms in total. The first-order valence-corrected chi connectivity index (χ1v) is 1.77. The molecule has 0 aliphatic carbocycles. The van der Waals surface area contributed by atoms with Crippen molar-refractivity contribution in [2.24, 2.45) is 0 Å². The van der Waals surface area contributed by atoms with Crippen molar-refractivity contribution in [2.75, 3.05) is 7.11 Å². The summed E-state index contributed by atoms with van der Waals surface area (Å²) in [5.41, 5.74) is 0. The Morgan fingerprint density at radius 1 is 1.50 bits per heavy atom. The molecule has 3 N–H and O–H groups in total. The Balaban J connectivity index is -0.000000180. The number of rotatable bonds is 1. The SMILES string of the molecule is COC(=O)C(C)=O.N.[H+]. The maximum absolute atomic E-state index is 9.94. The second-order valence-electron chi connectivity index (χ2n) is 1.05. The van der Waals surface area contributed by atoms with E-state index < -0.39 is 11.8 Å². The van der Waals surface area contributed by atoms with E-state index in [1.54, 1.807) is 0 Å². The summed E-state index contributed by atoms with van der Waals surface area (Å²) in [6.07, 6.45) is 0. The maximum atomic E-state index is 9.94. The molecule has 4 heteroatoms. The molecule has 48 valence electrons. The number of carbonyl (C=O) groups is 2. The first kappa shape index (κ1) is 10.2. The molecule has 0 atom stereocenters. The molecule has 0 rings (SSSR count). The first-order valence-electron chi connectivity index (χ1n) is 1.77. The predicted molar refractivity (Wildman–Crippen MR) is 28.8 cm³/mol. The average Bonchev–Trinajstić information content (AvgIpc) is 1.65. The second-order valence-corrected chi connectivity index (χ2v) is 1.05. The van der Waals surface area contributed by atoms with Crippen LogP contribution in [0.25, 0.3) is 0 Å². The van der Waals surface area contributed by atoms with Crippen LogP contribution in [-0.4, -0.2) is 18.9 Å². The summed E-state index contributed by atoms with van der Waals surface area (Å²) < 4.78 is 4.02. The number of carbonyl (C=O) groups excluding carboxylic acids is 2. The topological polar surface area (TPSA) is 78.4 Å². The summed E-state index contributed by atoms with van der Waals surface area (Å²) in [6, 6.07) is 0. The van der Waals surface area contributed by atoms with Crippen LogP contribution in [0, 0.1) is 0 Å². The minimum absolute atomic E-state index is 0. The lowest BCUT2D eigenvalue weighted by molar-refractivity contribution is -0.150. The minimum atomic E-state index is -0.792. The summed E-state index contributed by atoms with van der Waals surface area (Å²) in [5, 5.41) is 0. The molecular weight excluding hydrogens is 110 g/mol. The van der Waals surface area contributed by atoms with Gasteiger partial charge in [0.15, 0.2) is 0 Å². The van der Waals surface area contributed by atoms with E-state index in [-0.39, 0.29) is 7.58 Å². The third-order valence-corrected chi connectivity index (χ3v) is 0.473. The Kier molecular flexibility index (Phi) is 5.41. The molecule has 0 bridgehead atoms. The highest BCUT2D eigenvalue weighted by atomic mass is 16.5. The summed E-state index contributed by atoms with van der Waals surface area (Å²) in [7, 11) is 1.17. The van der Waals surface area contributed by atoms with E-state index in [0.717, 1.165) is 6.92 Å². The van der Waals surface area contributed by atoms with Crippen molar-refractivity contribution < 1.29 is 15.8 Å². The van der Waals surface area contributed by atoms with Gasteiger partial charge in [0, 0.05) is 6.92 Å². The zero-order valence-electron chi connectivity index (χ0n) is 5.93. The Hall–Kier alpha value is -0.900. The van der Waals surface area contributed by atoms with Crippen LogP contribution in [0.1, 0.15) is 8.35 Å². The van der Waals surface area contributed by atoms with Crippen LogP contribution < -0.4 is 6.15 Å². The normalized spacial score (nSPS) is 6.75. The highest BCUT2D eigenvalue weighted by molar-refractivity contribution is 6.32.